The van der Waals surface area contributed by atoms with Crippen molar-refractivity contribution >= 4 is 17.9 Å². The van der Waals surface area contributed by atoms with Crippen LogP contribution in [-0.2, 0) is 33.3 Å². The maximum Gasteiger partial charge on any atom is 0.309 e. The zero-order valence-electron chi connectivity index (χ0n) is 19.8. The molecule has 4 saturated carbocycles. The first-order valence-corrected chi connectivity index (χ1v) is 12.2. The van der Waals surface area contributed by atoms with Crippen molar-refractivity contribution in [2.45, 2.75) is 96.6 Å². The molecule has 4 aliphatic carbocycles. The molecule has 0 aromatic heterocycles. The summed E-state index contributed by atoms with van der Waals surface area (Å²) < 4.78 is 23.2. The standard InChI is InChI=1S/C25H36O7/c1-13(26)30-16-8-9-23(3)15(10-16)6-7-17-18(23)11-20(31-14(2)27)24(4)19(22(28)29-5)12-21-25(17,24)32-21/h15-21H,6-12H2,1-5H3/t15-,16-,17-,18+,19-,20+,21+,23+,24+,25+/m1/s1. The predicted molar refractivity (Wildman–Crippen MR) is 113 cm³/mol. The Kier molecular flexibility index (Phi) is 4.98. The topological polar surface area (TPSA) is 91.4 Å². The summed E-state index contributed by atoms with van der Waals surface area (Å²) >= 11 is 0. The first kappa shape index (κ1) is 22.2. The van der Waals surface area contributed by atoms with E-state index in [-0.39, 0.29) is 47.6 Å². The van der Waals surface area contributed by atoms with Gasteiger partial charge in [0.1, 0.15) is 17.8 Å². The molecule has 0 N–H and O–H groups in total. The van der Waals surface area contributed by atoms with Crippen LogP contribution in [0, 0.1) is 34.5 Å². The monoisotopic (exact) mass is 448 g/mol. The molecule has 178 valence electrons. The fourth-order valence-electron chi connectivity index (χ4n) is 8.81. The zero-order valence-corrected chi connectivity index (χ0v) is 19.8. The molecule has 5 aliphatic rings. The molecular formula is C25H36O7. The number of carbonyl (C=O) groups excluding carboxylic acids is 3. The van der Waals surface area contributed by atoms with Crippen LogP contribution in [0.15, 0.2) is 0 Å². The molecule has 5 fully saturated rings. The molecule has 0 aromatic carbocycles. The Bertz CT molecular complexity index is 840. The Morgan fingerprint density at radius 2 is 1.62 bits per heavy atom. The normalized spacial score (nSPS) is 50.7. The highest BCUT2D eigenvalue weighted by molar-refractivity contribution is 5.75. The number of esters is 3. The number of methoxy groups -OCH3 is 1. The van der Waals surface area contributed by atoms with Gasteiger partial charge in [-0.15, -0.1) is 0 Å². The number of epoxide rings is 1. The number of rotatable bonds is 3. The van der Waals surface area contributed by atoms with Gasteiger partial charge in [-0.3, -0.25) is 14.4 Å². The third-order valence-corrected chi connectivity index (χ3v) is 10.2. The van der Waals surface area contributed by atoms with E-state index in [4.69, 9.17) is 18.9 Å². The predicted octanol–water partition coefficient (Wildman–Crippen LogP) is 3.42. The number of fused-ring (bicyclic) bond motifs is 3. The highest BCUT2D eigenvalue weighted by Crippen LogP contribution is 2.76. The van der Waals surface area contributed by atoms with Crippen molar-refractivity contribution in [2.24, 2.45) is 34.5 Å². The first-order valence-electron chi connectivity index (χ1n) is 12.2. The van der Waals surface area contributed by atoms with Crippen LogP contribution in [0.3, 0.4) is 0 Å². The molecule has 1 aliphatic heterocycles. The second kappa shape index (κ2) is 7.18. The summed E-state index contributed by atoms with van der Waals surface area (Å²) in [4.78, 5) is 36.5. The van der Waals surface area contributed by atoms with E-state index in [2.05, 4.69) is 13.8 Å². The van der Waals surface area contributed by atoms with E-state index < -0.39 is 11.0 Å². The van der Waals surface area contributed by atoms with Crippen LogP contribution in [0.2, 0.25) is 0 Å². The fraction of sp³-hybridized carbons (Fsp3) is 0.880. The average Bonchev–Trinajstić information content (AvgIpc) is 3.38. The average molecular weight is 449 g/mol. The van der Waals surface area contributed by atoms with E-state index in [0.717, 1.165) is 38.5 Å². The van der Waals surface area contributed by atoms with Gasteiger partial charge in [0.05, 0.1) is 19.1 Å². The van der Waals surface area contributed by atoms with Gasteiger partial charge in [-0.05, 0) is 68.1 Å². The molecule has 0 bridgehead atoms. The molecule has 7 nitrogen and oxygen atoms in total. The van der Waals surface area contributed by atoms with E-state index in [0.29, 0.717) is 24.2 Å². The third-order valence-electron chi connectivity index (χ3n) is 10.2. The molecule has 32 heavy (non-hydrogen) atoms. The molecule has 1 heterocycles. The SMILES string of the molecule is COC(=O)[C@H]1C[C@@H]2O[C@@]23[C@@H]2CC[C@@H]4C[C@H](OC(C)=O)CC[C@]4(C)[C@H]2C[C@H](OC(C)=O)[C@]13C. The minimum absolute atomic E-state index is 0.00137. The van der Waals surface area contributed by atoms with Crippen LogP contribution in [0.4, 0.5) is 0 Å². The van der Waals surface area contributed by atoms with Crippen LogP contribution < -0.4 is 0 Å². The molecule has 0 amide bonds. The van der Waals surface area contributed by atoms with Crippen molar-refractivity contribution in [3.05, 3.63) is 0 Å². The van der Waals surface area contributed by atoms with E-state index in [1.165, 1.54) is 21.0 Å². The minimum Gasteiger partial charge on any atom is -0.469 e. The lowest BCUT2D eigenvalue weighted by Gasteiger charge is -2.62. The molecule has 5 rings (SSSR count). The van der Waals surface area contributed by atoms with Crippen molar-refractivity contribution in [2.75, 3.05) is 7.11 Å². The highest BCUT2D eigenvalue weighted by atomic mass is 16.6. The summed E-state index contributed by atoms with van der Waals surface area (Å²) in [5.74, 6) is 0.0958. The van der Waals surface area contributed by atoms with Gasteiger partial charge in [0.15, 0.2) is 0 Å². The quantitative estimate of drug-likeness (QED) is 0.371. The van der Waals surface area contributed by atoms with Gasteiger partial charge >= 0.3 is 17.9 Å². The van der Waals surface area contributed by atoms with Crippen molar-refractivity contribution in [1.29, 1.82) is 0 Å². The summed E-state index contributed by atoms with van der Waals surface area (Å²) in [6.45, 7) is 7.41. The van der Waals surface area contributed by atoms with Gasteiger partial charge in [-0.25, -0.2) is 0 Å². The van der Waals surface area contributed by atoms with E-state index in [1.807, 2.05) is 0 Å². The van der Waals surface area contributed by atoms with Gasteiger partial charge in [0, 0.05) is 19.3 Å². The second-order valence-corrected chi connectivity index (χ2v) is 11.3. The van der Waals surface area contributed by atoms with Crippen LogP contribution in [-0.4, -0.2) is 48.9 Å². The second-order valence-electron chi connectivity index (χ2n) is 11.3. The lowest BCUT2D eigenvalue weighted by Crippen LogP contribution is -2.64. The Morgan fingerprint density at radius 3 is 2.28 bits per heavy atom. The first-order chi connectivity index (χ1) is 15.1. The Morgan fingerprint density at radius 1 is 0.906 bits per heavy atom. The third kappa shape index (κ3) is 2.78. The molecule has 1 saturated heterocycles. The molecule has 10 atom stereocenters. The summed E-state index contributed by atoms with van der Waals surface area (Å²) in [5, 5.41) is 0. The van der Waals surface area contributed by atoms with E-state index in [1.54, 1.807) is 0 Å². The van der Waals surface area contributed by atoms with Crippen molar-refractivity contribution in [3.63, 3.8) is 0 Å². The van der Waals surface area contributed by atoms with Gasteiger partial charge in [-0.1, -0.05) is 13.8 Å². The molecular weight excluding hydrogens is 412 g/mol. The summed E-state index contributed by atoms with van der Waals surface area (Å²) in [6, 6.07) is 0. The summed E-state index contributed by atoms with van der Waals surface area (Å²) in [7, 11) is 1.43. The Hall–Kier alpha value is -1.63. The number of ether oxygens (including phenoxy) is 4. The van der Waals surface area contributed by atoms with Crippen LogP contribution in [0.5, 0.6) is 0 Å². The Balaban J connectivity index is 1.49. The molecule has 1 spiro atoms. The number of carbonyl (C=O) groups is 3. The van der Waals surface area contributed by atoms with Gasteiger partial charge in [-0.2, -0.15) is 0 Å². The molecule has 0 aromatic rings. The highest BCUT2D eigenvalue weighted by Gasteiger charge is 2.84. The lowest BCUT2D eigenvalue weighted by molar-refractivity contribution is -0.212. The van der Waals surface area contributed by atoms with Crippen LogP contribution >= 0.6 is 0 Å². The van der Waals surface area contributed by atoms with E-state index >= 15 is 0 Å². The fourth-order valence-corrected chi connectivity index (χ4v) is 8.81. The maximum atomic E-state index is 12.8. The van der Waals surface area contributed by atoms with E-state index in [9.17, 15) is 14.4 Å². The summed E-state index contributed by atoms with van der Waals surface area (Å²) in [5.41, 5.74) is -0.917. The smallest absolute Gasteiger partial charge is 0.309 e. The van der Waals surface area contributed by atoms with Crippen LogP contribution in [0.25, 0.3) is 0 Å². The summed E-state index contributed by atoms with van der Waals surface area (Å²) in [6.07, 6.45) is 5.90. The maximum absolute atomic E-state index is 12.8. The zero-order chi connectivity index (χ0) is 23.1. The Labute approximate surface area is 189 Å². The van der Waals surface area contributed by atoms with Crippen molar-refractivity contribution < 1.29 is 33.3 Å². The molecule has 0 unspecified atom stereocenters. The largest absolute Gasteiger partial charge is 0.469 e. The lowest BCUT2D eigenvalue weighted by atomic mass is 9.43. The van der Waals surface area contributed by atoms with Crippen LogP contribution in [0.1, 0.15) is 72.6 Å². The van der Waals surface area contributed by atoms with Gasteiger partial charge in [0.25, 0.3) is 0 Å². The van der Waals surface area contributed by atoms with Crippen molar-refractivity contribution in [1.82, 2.24) is 0 Å². The molecule has 7 heteroatoms. The number of hydrogen-bond donors (Lipinski definition) is 0. The van der Waals surface area contributed by atoms with Crippen molar-refractivity contribution in [3.8, 4) is 0 Å². The minimum atomic E-state index is -0.574. The van der Waals surface area contributed by atoms with Gasteiger partial charge in [0.2, 0.25) is 0 Å². The number of hydrogen-bond acceptors (Lipinski definition) is 7. The van der Waals surface area contributed by atoms with Gasteiger partial charge < -0.3 is 18.9 Å². The molecule has 0 radical (unpaired) electrons.